The number of halogens is 1. The van der Waals surface area contributed by atoms with Gasteiger partial charge < -0.3 is 20.8 Å². The maximum Gasteiger partial charge on any atom is 0.241 e. The number of benzene rings is 3. The average molecular weight is 619 g/mol. The highest BCUT2D eigenvalue weighted by atomic mass is 32.2. The molecule has 44 heavy (non-hydrogen) atoms. The predicted molar refractivity (Wildman–Crippen MR) is 166 cm³/mol. The first-order chi connectivity index (χ1) is 20.8. The van der Waals surface area contributed by atoms with Gasteiger partial charge in [-0.05, 0) is 87.4 Å². The smallest absolute Gasteiger partial charge is 0.241 e. The lowest BCUT2D eigenvalue weighted by molar-refractivity contribution is -0.119. The van der Waals surface area contributed by atoms with E-state index in [0.717, 1.165) is 5.56 Å². The minimum absolute atomic E-state index is 0.0956. The Labute approximate surface area is 253 Å². The fourth-order valence-electron chi connectivity index (χ4n) is 4.72. The number of carbonyl (C=O) groups excluding carboxylic acids is 2. The number of H-pyrrole nitrogens is 1. The Hall–Kier alpha value is -5.17. The summed E-state index contributed by atoms with van der Waals surface area (Å²) in [5, 5.41) is 7.57. The maximum absolute atomic E-state index is 14.0. The Morgan fingerprint density at radius 3 is 2.52 bits per heavy atom. The second-order valence-corrected chi connectivity index (χ2v) is 12.4. The fourth-order valence-corrected chi connectivity index (χ4v) is 5.78. The largest absolute Gasteiger partial charge is 0.454 e. The number of hydrogen-bond acceptors (Lipinski definition) is 7. The summed E-state index contributed by atoms with van der Waals surface area (Å²) in [5.41, 5.74) is 9.50. The van der Waals surface area contributed by atoms with Crippen molar-refractivity contribution in [3.63, 3.8) is 0 Å². The summed E-state index contributed by atoms with van der Waals surface area (Å²) >= 11 is 0. The molecule has 1 amide bonds. The van der Waals surface area contributed by atoms with E-state index in [1.807, 2.05) is 6.92 Å². The molecule has 0 saturated heterocycles. The minimum atomic E-state index is -3.97. The number of aromatic amines is 1. The number of fused-ring (bicyclic) bond motifs is 1. The van der Waals surface area contributed by atoms with E-state index in [-0.39, 0.29) is 34.6 Å². The molecule has 0 spiro atoms. The van der Waals surface area contributed by atoms with Gasteiger partial charge >= 0.3 is 0 Å². The van der Waals surface area contributed by atoms with Gasteiger partial charge in [0, 0.05) is 16.9 Å². The molecule has 0 radical (unpaired) electrons. The molecule has 0 fully saturated rings. The molecule has 0 aliphatic carbocycles. The Morgan fingerprint density at radius 1 is 1.07 bits per heavy atom. The van der Waals surface area contributed by atoms with E-state index < -0.39 is 33.3 Å². The molecule has 0 unspecified atom stereocenters. The van der Waals surface area contributed by atoms with Crippen LogP contribution in [0.5, 0.6) is 11.5 Å². The number of nitrogens with one attached hydrogen (secondary N) is 3. The van der Waals surface area contributed by atoms with Crippen LogP contribution in [0, 0.1) is 19.7 Å². The number of sulfonamides is 1. The van der Waals surface area contributed by atoms with Gasteiger partial charge in [-0.2, -0.15) is 5.10 Å². The van der Waals surface area contributed by atoms with Crippen molar-refractivity contribution in [2.45, 2.75) is 33.7 Å². The number of rotatable bonds is 10. The summed E-state index contributed by atoms with van der Waals surface area (Å²) in [7, 11) is -3.97. The van der Waals surface area contributed by atoms with Crippen molar-refractivity contribution in [2.24, 2.45) is 0 Å². The van der Waals surface area contributed by atoms with Gasteiger partial charge in [0.1, 0.15) is 17.3 Å². The molecule has 0 atom stereocenters. The first kappa shape index (κ1) is 30.3. The Kier molecular flexibility index (Phi) is 8.15. The van der Waals surface area contributed by atoms with Crippen LogP contribution in [0.4, 0.5) is 15.9 Å². The molecule has 2 aromatic heterocycles. The minimum Gasteiger partial charge on any atom is -0.454 e. The Morgan fingerprint density at radius 2 is 1.82 bits per heavy atom. The normalized spacial score (nSPS) is 11.6. The number of hydrogen-bond donors (Lipinski definition) is 4. The molecule has 5 aromatic rings. The van der Waals surface area contributed by atoms with Gasteiger partial charge in [-0.1, -0.05) is 12.1 Å². The number of aromatic nitrogens is 3. The molecule has 0 saturated carbocycles. The molecular weight excluding hydrogens is 587 g/mol. The predicted octanol–water partition coefficient (Wildman–Crippen LogP) is 4.98. The van der Waals surface area contributed by atoms with Crippen LogP contribution in [0.15, 0.2) is 66.9 Å². The molecule has 2 heterocycles. The van der Waals surface area contributed by atoms with Crippen LogP contribution in [0.1, 0.15) is 41.0 Å². The SMILES string of the molecule is Cc1cc2cc(C(=O)c3cnn(-c4ccc(Oc5ccccc5F)cc4C)c3N)[nH]c2cc1NS(=O)(=O)CC(=O)NC(C)C. The van der Waals surface area contributed by atoms with Crippen LogP contribution < -0.4 is 20.5 Å². The number of nitrogens with zero attached hydrogens (tertiary/aromatic N) is 2. The van der Waals surface area contributed by atoms with Gasteiger partial charge in [0.05, 0.1) is 28.8 Å². The zero-order valence-electron chi connectivity index (χ0n) is 24.4. The number of aryl methyl sites for hydroxylation is 2. The molecule has 5 rings (SSSR count). The number of anilines is 2. The highest BCUT2D eigenvalue weighted by molar-refractivity contribution is 7.93. The van der Waals surface area contributed by atoms with Crippen LogP contribution in [-0.4, -0.2) is 46.7 Å². The summed E-state index contributed by atoms with van der Waals surface area (Å²) in [5.74, 6) is -1.59. The van der Waals surface area contributed by atoms with Crippen molar-refractivity contribution in [3.05, 3.63) is 95.1 Å². The van der Waals surface area contributed by atoms with Crippen LogP contribution in [0.3, 0.4) is 0 Å². The van der Waals surface area contributed by atoms with Gasteiger partial charge in [0.2, 0.25) is 21.7 Å². The van der Waals surface area contributed by atoms with Crippen LogP contribution >= 0.6 is 0 Å². The van der Waals surface area contributed by atoms with Crippen molar-refractivity contribution >= 4 is 44.1 Å². The van der Waals surface area contributed by atoms with Gasteiger partial charge in [0.15, 0.2) is 11.6 Å². The zero-order chi connectivity index (χ0) is 31.8. The lowest BCUT2D eigenvalue weighted by Gasteiger charge is -2.12. The van der Waals surface area contributed by atoms with Crippen LogP contribution in [0.25, 0.3) is 16.6 Å². The zero-order valence-corrected chi connectivity index (χ0v) is 25.3. The molecule has 228 valence electrons. The third-order valence-corrected chi connectivity index (χ3v) is 7.93. The fraction of sp³-hybridized carbons (Fsp3) is 0.194. The third kappa shape index (κ3) is 6.42. The molecule has 0 aliphatic heterocycles. The molecule has 5 N–H and O–H groups in total. The monoisotopic (exact) mass is 618 g/mol. The lowest BCUT2D eigenvalue weighted by Crippen LogP contribution is -2.36. The van der Waals surface area contributed by atoms with E-state index in [4.69, 9.17) is 10.5 Å². The van der Waals surface area contributed by atoms with E-state index in [2.05, 4.69) is 20.1 Å². The average Bonchev–Trinajstić information content (AvgIpc) is 3.52. The van der Waals surface area contributed by atoms with E-state index >= 15 is 0 Å². The van der Waals surface area contributed by atoms with Crippen LogP contribution in [0.2, 0.25) is 0 Å². The van der Waals surface area contributed by atoms with Crippen molar-refractivity contribution in [2.75, 3.05) is 16.2 Å². The first-order valence-corrected chi connectivity index (χ1v) is 15.3. The summed E-state index contributed by atoms with van der Waals surface area (Å²) in [6.07, 6.45) is 1.37. The summed E-state index contributed by atoms with van der Waals surface area (Å²) in [4.78, 5) is 28.5. The lowest BCUT2D eigenvalue weighted by atomic mass is 10.1. The van der Waals surface area contributed by atoms with Crippen LogP contribution in [-0.2, 0) is 14.8 Å². The number of amides is 1. The van der Waals surface area contributed by atoms with E-state index in [9.17, 15) is 22.4 Å². The molecular formula is C31H31FN6O5S. The van der Waals surface area contributed by atoms with E-state index in [1.54, 1.807) is 69.3 Å². The van der Waals surface area contributed by atoms with Gasteiger partial charge in [-0.3, -0.25) is 14.3 Å². The van der Waals surface area contributed by atoms with E-state index in [1.165, 1.54) is 23.0 Å². The van der Waals surface area contributed by atoms with Crippen molar-refractivity contribution in [1.29, 1.82) is 0 Å². The Balaban J connectivity index is 1.37. The quantitative estimate of drug-likeness (QED) is 0.161. The summed E-state index contributed by atoms with van der Waals surface area (Å²) in [6, 6.07) is 15.9. The van der Waals surface area contributed by atoms with Gasteiger partial charge in [0.25, 0.3) is 0 Å². The maximum atomic E-state index is 14.0. The van der Waals surface area contributed by atoms with Crippen molar-refractivity contribution < 1.29 is 27.1 Å². The highest BCUT2D eigenvalue weighted by Crippen LogP contribution is 2.30. The van der Waals surface area contributed by atoms with Gasteiger partial charge in [-0.15, -0.1) is 0 Å². The number of nitrogens with two attached hydrogens (primary N) is 1. The van der Waals surface area contributed by atoms with Gasteiger partial charge in [-0.25, -0.2) is 17.5 Å². The van der Waals surface area contributed by atoms with Crippen molar-refractivity contribution in [3.8, 4) is 17.2 Å². The topological polar surface area (TPSA) is 161 Å². The molecule has 13 heteroatoms. The number of carbonyl (C=O) groups is 2. The summed E-state index contributed by atoms with van der Waals surface area (Å²) < 4.78 is 48.7. The second kappa shape index (κ2) is 11.8. The highest BCUT2D eigenvalue weighted by Gasteiger charge is 2.22. The summed E-state index contributed by atoms with van der Waals surface area (Å²) in [6.45, 7) is 7.01. The Bertz CT molecular complexity index is 2020. The number of para-hydroxylation sites is 1. The number of nitrogen functional groups attached to an aromatic ring is 1. The third-order valence-electron chi connectivity index (χ3n) is 6.76. The second-order valence-electron chi connectivity index (χ2n) is 10.7. The first-order valence-electron chi connectivity index (χ1n) is 13.7. The molecule has 3 aromatic carbocycles. The molecule has 0 bridgehead atoms. The molecule has 0 aliphatic rings. The molecule has 11 nitrogen and oxygen atoms in total. The standard InChI is InChI=1S/C31H31FN6O5S/c1-17(2)35-29(39)16-44(41,42)37-24-14-25-20(11-18(24)3)13-26(36-25)30(40)22-15-34-38(31(22)33)27-10-9-21(12-19(27)4)43-28-8-6-5-7-23(28)32/h5-15,17,36-37H,16,33H2,1-4H3,(H,35,39). The van der Waals surface area contributed by atoms with E-state index in [0.29, 0.717) is 27.9 Å². The number of ether oxygens (including phenoxy) is 1. The number of ketones is 1. The van der Waals surface area contributed by atoms with Crippen molar-refractivity contribution in [1.82, 2.24) is 20.1 Å².